The van der Waals surface area contributed by atoms with Crippen molar-refractivity contribution in [2.45, 2.75) is 50.2 Å². The molecule has 1 N–H and O–H groups in total. The van der Waals surface area contributed by atoms with Crippen LogP contribution >= 0.6 is 11.3 Å². The maximum Gasteiger partial charge on any atom is 0.338 e. The van der Waals surface area contributed by atoms with Crippen molar-refractivity contribution < 1.29 is 19.4 Å². The van der Waals surface area contributed by atoms with Crippen LogP contribution in [-0.4, -0.2) is 40.6 Å². The molecule has 1 saturated carbocycles. The molecule has 0 bridgehead atoms. The van der Waals surface area contributed by atoms with E-state index in [1.165, 1.54) is 4.88 Å². The molecule has 2 fully saturated rings. The van der Waals surface area contributed by atoms with Crippen LogP contribution in [0.15, 0.2) is 17.5 Å². The third kappa shape index (κ3) is 3.03. The molecule has 0 radical (unpaired) electrons. The van der Waals surface area contributed by atoms with Crippen LogP contribution in [0.5, 0.6) is 0 Å². The summed E-state index contributed by atoms with van der Waals surface area (Å²) in [5, 5.41) is 12.1. The molecule has 2 aliphatic rings. The van der Waals surface area contributed by atoms with Crippen molar-refractivity contribution in [3.05, 3.63) is 22.4 Å². The summed E-state index contributed by atoms with van der Waals surface area (Å²) in [6.07, 6.45) is 4.43. The largest absolute Gasteiger partial charge is 0.453 e. The van der Waals surface area contributed by atoms with Gasteiger partial charge in [0.2, 0.25) is 0 Å². The third-order valence-corrected chi connectivity index (χ3v) is 5.56. The summed E-state index contributed by atoms with van der Waals surface area (Å²) in [4.78, 5) is 27.3. The van der Waals surface area contributed by atoms with E-state index >= 15 is 0 Å². The van der Waals surface area contributed by atoms with Crippen molar-refractivity contribution in [2.75, 3.05) is 13.2 Å². The molecule has 0 spiro atoms. The molecule has 120 valence electrons. The zero-order valence-corrected chi connectivity index (χ0v) is 13.3. The molecular formula is C16H21NO4S. The topological polar surface area (TPSA) is 66.8 Å². The van der Waals surface area contributed by atoms with Gasteiger partial charge in [0.1, 0.15) is 0 Å². The summed E-state index contributed by atoms with van der Waals surface area (Å²) in [5.41, 5.74) is -1.38. The van der Waals surface area contributed by atoms with Crippen LogP contribution in [0.2, 0.25) is 0 Å². The number of carbonyl (C=O) groups excluding carboxylic acids is 2. The molecule has 1 saturated heterocycles. The molecule has 1 atom stereocenters. The van der Waals surface area contributed by atoms with Crippen LogP contribution in [0.25, 0.3) is 0 Å². The molecule has 1 aromatic rings. The molecule has 1 aliphatic heterocycles. The Morgan fingerprint density at radius 1 is 1.36 bits per heavy atom. The van der Waals surface area contributed by atoms with Crippen LogP contribution in [0.4, 0.5) is 0 Å². The number of thiophene rings is 1. The third-order valence-electron chi connectivity index (χ3n) is 4.58. The minimum Gasteiger partial charge on any atom is -0.453 e. The smallest absolute Gasteiger partial charge is 0.338 e. The lowest BCUT2D eigenvalue weighted by atomic mass is 10.0. The number of nitrogens with zero attached hydrogens (tertiary/aromatic N) is 1. The number of carbonyl (C=O) groups is 2. The number of esters is 1. The number of hydrogen-bond donors (Lipinski definition) is 1. The minimum absolute atomic E-state index is 0.0979. The van der Waals surface area contributed by atoms with Gasteiger partial charge in [-0.05, 0) is 50.0 Å². The monoisotopic (exact) mass is 323 g/mol. The van der Waals surface area contributed by atoms with E-state index in [-0.39, 0.29) is 18.6 Å². The highest BCUT2D eigenvalue weighted by molar-refractivity contribution is 7.10. The van der Waals surface area contributed by atoms with Gasteiger partial charge in [-0.3, -0.25) is 4.79 Å². The Morgan fingerprint density at radius 2 is 2.14 bits per heavy atom. The lowest BCUT2D eigenvalue weighted by molar-refractivity contribution is -0.168. The molecule has 5 nitrogen and oxygen atoms in total. The summed E-state index contributed by atoms with van der Waals surface area (Å²) < 4.78 is 5.09. The molecule has 1 aliphatic carbocycles. The maximum atomic E-state index is 12.3. The predicted molar refractivity (Wildman–Crippen MR) is 82.4 cm³/mol. The summed E-state index contributed by atoms with van der Waals surface area (Å²) in [7, 11) is 0. The van der Waals surface area contributed by atoms with Gasteiger partial charge in [-0.25, -0.2) is 4.79 Å². The molecule has 0 unspecified atom stereocenters. The van der Waals surface area contributed by atoms with Gasteiger partial charge in [0, 0.05) is 11.4 Å². The fourth-order valence-electron chi connectivity index (χ4n) is 3.35. The van der Waals surface area contributed by atoms with Gasteiger partial charge in [0.15, 0.2) is 12.2 Å². The second kappa shape index (κ2) is 6.38. The van der Waals surface area contributed by atoms with E-state index < -0.39 is 11.6 Å². The lowest BCUT2D eigenvalue weighted by Crippen LogP contribution is -2.40. The highest BCUT2D eigenvalue weighted by Gasteiger charge is 2.41. The second-order valence-electron chi connectivity index (χ2n) is 6.08. The first-order valence-corrected chi connectivity index (χ1v) is 8.71. The van der Waals surface area contributed by atoms with Crippen molar-refractivity contribution in [1.29, 1.82) is 0 Å². The van der Waals surface area contributed by atoms with E-state index in [1.807, 2.05) is 17.5 Å². The summed E-state index contributed by atoms with van der Waals surface area (Å²) in [5.74, 6) is -0.823. The summed E-state index contributed by atoms with van der Waals surface area (Å²) >= 11 is 1.64. The van der Waals surface area contributed by atoms with Gasteiger partial charge in [0.25, 0.3) is 5.91 Å². The number of likely N-dealkylation sites (tertiary alicyclic amines) is 1. The first-order valence-electron chi connectivity index (χ1n) is 7.83. The molecule has 22 heavy (non-hydrogen) atoms. The van der Waals surface area contributed by atoms with Crippen molar-refractivity contribution in [1.82, 2.24) is 4.90 Å². The lowest BCUT2D eigenvalue weighted by Gasteiger charge is -2.25. The second-order valence-corrected chi connectivity index (χ2v) is 7.05. The normalized spacial score (nSPS) is 23.7. The molecule has 1 amide bonds. The van der Waals surface area contributed by atoms with Crippen molar-refractivity contribution in [2.24, 2.45) is 0 Å². The van der Waals surface area contributed by atoms with Gasteiger partial charge >= 0.3 is 5.97 Å². The molecule has 2 heterocycles. The molecule has 6 heteroatoms. The van der Waals surface area contributed by atoms with Crippen molar-refractivity contribution >= 4 is 23.2 Å². The summed E-state index contributed by atoms with van der Waals surface area (Å²) in [6.45, 7) is 0.423. The predicted octanol–water partition coefficient (Wildman–Crippen LogP) is 2.26. The van der Waals surface area contributed by atoms with Crippen LogP contribution in [0.1, 0.15) is 49.4 Å². The Hall–Kier alpha value is -1.40. The summed E-state index contributed by atoms with van der Waals surface area (Å²) in [6, 6.07) is 4.12. The van der Waals surface area contributed by atoms with Crippen molar-refractivity contribution in [3.8, 4) is 0 Å². The fourth-order valence-corrected chi connectivity index (χ4v) is 4.22. The van der Waals surface area contributed by atoms with Crippen LogP contribution < -0.4 is 0 Å². The maximum absolute atomic E-state index is 12.3. The van der Waals surface area contributed by atoms with Crippen LogP contribution in [0.3, 0.4) is 0 Å². The van der Waals surface area contributed by atoms with Gasteiger partial charge in [-0.2, -0.15) is 0 Å². The number of rotatable bonds is 4. The SMILES string of the molecule is O=C(COC(=O)C1(O)CCCC1)N1CCC[C@@H]1c1cccs1. The Balaban J connectivity index is 1.56. The zero-order chi connectivity index (χ0) is 15.6. The quantitative estimate of drug-likeness (QED) is 0.863. The standard InChI is InChI=1S/C16H21NO4S/c18-14(11-21-15(19)16(20)7-1-2-8-16)17-9-3-5-12(17)13-6-4-10-22-13/h4,6,10,12,20H,1-3,5,7-9,11H2/t12-/m1/s1. The Morgan fingerprint density at radius 3 is 2.82 bits per heavy atom. The number of amides is 1. The number of hydrogen-bond acceptors (Lipinski definition) is 5. The van der Waals surface area contributed by atoms with E-state index in [9.17, 15) is 14.7 Å². The Kier molecular flexibility index (Phi) is 4.49. The van der Waals surface area contributed by atoms with Gasteiger partial charge < -0.3 is 14.7 Å². The molecular weight excluding hydrogens is 302 g/mol. The minimum atomic E-state index is -1.38. The fraction of sp³-hybridized carbons (Fsp3) is 0.625. The highest BCUT2D eigenvalue weighted by atomic mass is 32.1. The van der Waals surface area contributed by atoms with Gasteiger partial charge in [0.05, 0.1) is 6.04 Å². The van der Waals surface area contributed by atoms with E-state index in [0.717, 1.165) is 25.7 Å². The van der Waals surface area contributed by atoms with E-state index in [2.05, 4.69) is 0 Å². The first-order chi connectivity index (χ1) is 10.6. The van der Waals surface area contributed by atoms with Crippen LogP contribution in [0, 0.1) is 0 Å². The average molecular weight is 323 g/mol. The van der Waals surface area contributed by atoms with E-state index in [1.54, 1.807) is 16.2 Å². The first kappa shape index (κ1) is 15.5. The number of aliphatic hydroxyl groups is 1. The molecule has 0 aromatic carbocycles. The van der Waals surface area contributed by atoms with E-state index in [0.29, 0.717) is 19.4 Å². The molecule has 3 rings (SSSR count). The highest BCUT2D eigenvalue weighted by Crippen LogP contribution is 2.35. The van der Waals surface area contributed by atoms with Crippen LogP contribution in [-0.2, 0) is 14.3 Å². The molecule has 1 aromatic heterocycles. The zero-order valence-electron chi connectivity index (χ0n) is 12.5. The Labute approximate surface area is 133 Å². The Bertz CT molecular complexity index is 536. The average Bonchev–Trinajstić information content (AvgIpc) is 3.23. The van der Waals surface area contributed by atoms with Gasteiger partial charge in [-0.1, -0.05) is 6.07 Å². The van der Waals surface area contributed by atoms with Crippen molar-refractivity contribution in [3.63, 3.8) is 0 Å². The number of ether oxygens (including phenoxy) is 1. The van der Waals surface area contributed by atoms with E-state index in [4.69, 9.17) is 4.74 Å². The van der Waals surface area contributed by atoms with Gasteiger partial charge in [-0.15, -0.1) is 11.3 Å².